The van der Waals surface area contributed by atoms with Gasteiger partial charge >= 0.3 is 0 Å². The standard InChI is InChI=1S/C38H50ClN3O6S/c1-25-8-7-10-34(46-3)32-15-12-29(32)23-42-22-28-11-14-31(39)18-26(28)9-5-6-17-48-35-16-13-27(19-33(35)42)36(43)40-49(45,24-25)41-37(44)30-20-38(2,21-30)47-4/h7,10-11,13-14,16,18-19,25,29-30,32,34H,5-6,8-9,12,15,17,20-24H2,1-4H3,(H,40,41,43,44,45)/b10-7+/t25-,29-,30?,32+,34-,38?,49?/m0/s1. The van der Waals surface area contributed by atoms with Crippen LogP contribution in [0.3, 0.4) is 0 Å². The van der Waals surface area contributed by atoms with Gasteiger partial charge in [-0.25, -0.2) is 4.21 Å². The van der Waals surface area contributed by atoms with Crippen molar-refractivity contribution in [1.29, 1.82) is 0 Å². The van der Waals surface area contributed by atoms with Gasteiger partial charge in [0.15, 0.2) is 0 Å². The molecule has 2 heterocycles. The Balaban J connectivity index is 1.41. The lowest BCUT2D eigenvalue weighted by Gasteiger charge is -2.43. The van der Waals surface area contributed by atoms with Crippen molar-refractivity contribution in [3.05, 3.63) is 70.3 Å². The Hall–Kier alpha value is -2.92. The summed E-state index contributed by atoms with van der Waals surface area (Å²) in [6.45, 7) is 5.82. The number of allylic oxidation sites excluding steroid dienone is 1. The quantitative estimate of drug-likeness (QED) is 0.336. The maximum atomic E-state index is 14.5. The number of halogens is 1. The van der Waals surface area contributed by atoms with E-state index in [0.29, 0.717) is 55.6 Å². The Kier molecular flexibility index (Phi) is 11.1. The lowest BCUT2D eigenvalue weighted by atomic mass is 9.70. The lowest BCUT2D eigenvalue weighted by molar-refractivity contribution is -0.141. The highest BCUT2D eigenvalue weighted by molar-refractivity contribution is 7.92. The Morgan fingerprint density at radius 2 is 1.94 bits per heavy atom. The molecule has 4 aliphatic rings. The van der Waals surface area contributed by atoms with Gasteiger partial charge in [-0.05, 0) is 118 Å². The van der Waals surface area contributed by atoms with E-state index in [1.54, 1.807) is 20.3 Å². The summed E-state index contributed by atoms with van der Waals surface area (Å²) in [5.74, 6) is 0.00941. The van der Waals surface area contributed by atoms with E-state index in [0.717, 1.165) is 49.4 Å². The highest BCUT2D eigenvalue weighted by atomic mass is 35.5. The second-order valence-corrected chi connectivity index (χ2v) is 17.1. The van der Waals surface area contributed by atoms with Crippen LogP contribution >= 0.6 is 11.6 Å². The molecule has 2 fully saturated rings. The molecule has 6 rings (SSSR count). The van der Waals surface area contributed by atoms with Crippen molar-refractivity contribution in [2.75, 3.05) is 38.0 Å². The number of fused-ring (bicyclic) bond motifs is 3. The number of methoxy groups -OCH3 is 2. The Morgan fingerprint density at radius 3 is 2.67 bits per heavy atom. The molecule has 2 bridgehead atoms. The van der Waals surface area contributed by atoms with E-state index < -0.39 is 15.8 Å². The molecule has 0 spiro atoms. The molecule has 49 heavy (non-hydrogen) atoms. The lowest BCUT2D eigenvalue weighted by Crippen LogP contribution is -2.50. The van der Waals surface area contributed by atoms with Crippen LogP contribution in [0.15, 0.2) is 52.9 Å². The van der Waals surface area contributed by atoms with E-state index in [1.807, 2.05) is 32.0 Å². The molecule has 266 valence electrons. The molecule has 2 aliphatic heterocycles. The predicted molar refractivity (Wildman–Crippen MR) is 193 cm³/mol. The molecule has 2 aromatic carbocycles. The van der Waals surface area contributed by atoms with Crippen LogP contribution in [-0.2, 0) is 37.1 Å². The molecule has 5 atom stereocenters. The van der Waals surface area contributed by atoms with E-state index >= 15 is 0 Å². The summed E-state index contributed by atoms with van der Waals surface area (Å²) in [5.41, 5.74) is 3.12. The molecule has 1 N–H and O–H groups in total. The summed E-state index contributed by atoms with van der Waals surface area (Å²) in [5, 5.41) is 0.719. The van der Waals surface area contributed by atoms with Gasteiger partial charge < -0.3 is 19.1 Å². The Bertz CT molecular complexity index is 1700. The van der Waals surface area contributed by atoms with Crippen LogP contribution in [0.2, 0.25) is 5.02 Å². The van der Waals surface area contributed by atoms with Crippen molar-refractivity contribution in [3.8, 4) is 5.75 Å². The first-order valence-corrected chi connectivity index (χ1v) is 19.7. The third-order valence-electron chi connectivity index (χ3n) is 10.9. The molecule has 0 aromatic heterocycles. The summed E-state index contributed by atoms with van der Waals surface area (Å²) in [4.78, 5) is 29.6. The maximum absolute atomic E-state index is 14.5. The van der Waals surface area contributed by atoms with Crippen molar-refractivity contribution in [2.45, 2.75) is 83.5 Å². The van der Waals surface area contributed by atoms with Crippen molar-refractivity contribution < 1.29 is 28.0 Å². The summed E-state index contributed by atoms with van der Waals surface area (Å²) in [6, 6.07) is 11.5. The van der Waals surface area contributed by atoms with Crippen LogP contribution in [0.25, 0.3) is 0 Å². The normalized spacial score (nSPS) is 32.8. The zero-order valence-corrected chi connectivity index (χ0v) is 30.7. The van der Waals surface area contributed by atoms with Crippen LogP contribution < -0.4 is 14.4 Å². The number of nitrogens with zero attached hydrogens (tertiary/aromatic N) is 2. The minimum Gasteiger partial charge on any atom is -0.491 e. The number of nitrogens with one attached hydrogen (secondary N) is 1. The molecule has 2 aromatic rings. The number of carbonyl (C=O) groups is 2. The molecule has 9 nitrogen and oxygen atoms in total. The van der Waals surface area contributed by atoms with Gasteiger partial charge in [-0.3, -0.25) is 14.3 Å². The van der Waals surface area contributed by atoms with Gasteiger partial charge in [0.05, 0.1) is 29.8 Å². The zero-order valence-electron chi connectivity index (χ0n) is 29.1. The van der Waals surface area contributed by atoms with E-state index in [-0.39, 0.29) is 35.2 Å². The topological polar surface area (TPSA) is 107 Å². The van der Waals surface area contributed by atoms with Crippen molar-refractivity contribution in [1.82, 2.24) is 4.72 Å². The van der Waals surface area contributed by atoms with Crippen molar-refractivity contribution in [3.63, 3.8) is 0 Å². The van der Waals surface area contributed by atoms with Gasteiger partial charge in [-0.15, -0.1) is 4.36 Å². The molecule has 1 unspecified atom stereocenters. The highest BCUT2D eigenvalue weighted by Gasteiger charge is 2.45. The first-order chi connectivity index (χ1) is 23.5. The molecule has 0 radical (unpaired) electrons. The Morgan fingerprint density at radius 1 is 1.12 bits per heavy atom. The number of rotatable bonds is 4. The molecular formula is C38H50ClN3O6S. The van der Waals surface area contributed by atoms with Gasteiger partial charge in [0.25, 0.3) is 5.91 Å². The van der Waals surface area contributed by atoms with Crippen molar-refractivity contribution >= 4 is 39.0 Å². The first-order valence-electron chi connectivity index (χ1n) is 17.6. The second-order valence-electron chi connectivity index (χ2n) is 14.7. The number of carbonyl (C=O) groups excluding carboxylic acids is 2. The van der Waals surface area contributed by atoms with Crippen LogP contribution in [0.5, 0.6) is 5.75 Å². The van der Waals surface area contributed by atoms with Gasteiger partial charge in [0, 0.05) is 43.8 Å². The largest absolute Gasteiger partial charge is 0.491 e. The predicted octanol–water partition coefficient (Wildman–Crippen LogP) is 7.15. The molecule has 0 saturated heterocycles. The second kappa shape index (κ2) is 15.1. The number of amides is 2. The summed E-state index contributed by atoms with van der Waals surface area (Å²) in [7, 11) is -0.0591. The molecular weight excluding hydrogens is 662 g/mol. The number of ether oxygens (including phenoxy) is 3. The number of hydrogen-bond donors (Lipinski definition) is 1. The summed E-state index contributed by atoms with van der Waals surface area (Å²) >= 11 is 6.46. The summed E-state index contributed by atoms with van der Waals surface area (Å²) < 4.78 is 39.4. The van der Waals surface area contributed by atoms with E-state index in [9.17, 15) is 13.8 Å². The molecule has 2 amide bonds. The van der Waals surface area contributed by atoms with Crippen LogP contribution in [-0.4, -0.2) is 60.9 Å². The highest BCUT2D eigenvalue weighted by Crippen LogP contribution is 2.43. The first kappa shape index (κ1) is 35.9. The average molecular weight is 712 g/mol. The van der Waals surface area contributed by atoms with E-state index in [4.69, 9.17) is 25.8 Å². The fourth-order valence-corrected chi connectivity index (χ4v) is 9.91. The SMILES string of the molecule is CO[C@H]1/C=C/C[C@H](C)CS(=O)(NC(=O)C2CC(C)(OC)C2)=NC(=O)c2ccc3c(c2)N(Cc2ccc(Cl)cc2CCCCO3)C[C@@H]2CC[C@H]21. The zero-order chi connectivity index (χ0) is 34.8. The molecule has 11 heteroatoms. The van der Waals surface area contributed by atoms with Crippen LogP contribution in [0, 0.1) is 23.7 Å². The van der Waals surface area contributed by atoms with Crippen molar-refractivity contribution in [2.24, 2.45) is 28.0 Å². The van der Waals surface area contributed by atoms with Gasteiger partial charge in [0.1, 0.15) is 15.7 Å². The minimum atomic E-state index is -3.45. The average Bonchev–Trinajstić information content (AvgIpc) is 3.06. The van der Waals surface area contributed by atoms with E-state index in [1.165, 1.54) is 11.1 Å². The Labute approximate surface area is 296 Å². The van der Waals surface area contributed by atoms with Crippen LogP contribution in [0.4, 0.5) is 5.69 Å². The third kappa shape index (κ3) is 8.35. The fraction of sp³-hybridized carbons (Fsp3) is 0.579. The van der Waals surface area contributed by atoms with Gasteiger partial charge in [-0.2, -0.15) is 0 Å². The summed E-state index contributed by atoms with van der Waals surface area (Å²) in [6.07, 6.45) is 10.7. The fourth-order valence-electron chi connectivity index (χ4n) is 7.75. The van der Waals surface area contributed by atoms with Crippen LogP contribution in [0.1, 0.15) is 80.3 Å². The number of aryl methyl sites for hydroxylation is 1. The molecule has 2 saturated carbocycles. The number of hydrogen-bond acceptors (Lipinski definition) is 7. The monoisotopic (exact) mass is 711 g/mol. The van der Waals surface area contributed by atoms with E-state index in [2.05, 4.69) is 38.3 Å². The third-order valence-corrected chi connectivity index (χ3v) is 13.1. The van der Waals surface area contributed by atoms with Gasteiger partial charge in [-0.1, -0.05) is 36.7 Å². The number of anilines is 1. The smallest absolute Gasteiger partial charge is 0.286 e. The number of benzene rings is 2. The minimum absolute atomic E-state index is 0.0479. The molecule has 2 aliphatic carbocycles. The van der Waals surface area contributed by atoms with Gasteiger partial charge in [0.2, 0.25) is 5.91 Å². The maximum Gasteiger partial charge on any atom is 0.286 e.